The first-order valence-corrected chi connectivity index (χ1v) is 10.6. The Bertz CT molecular complexity index is 698. The zero-order valence-electron chi connectivity index (χ0n) is 14.7. The molecule has 1 atom stereocenters. The number of likely N-dealkylation sites (tertiary alicyclic amines) is 1. The number of thioether (sulfide) groups is 1. The monoisotopic (exact) mass is 420 g/mol. The number of hydrogen-bond donors (Lipinski definition) is 0. The lowest BCUT2D eigenvalue weighted by Gasteiger charge is -2.32. The van der Waals surface area contributed by atoms with Gasteiger partial charge in [-0.25, -0.2) is 0 Å². The van der Waals surface area contributed by atoms with Gasteiger partial charge in [-0.3, -0.25) is 4.57 Å². The van der Waals surface area contributed by atoms with Gasteiger partial charge in [0.15, 0.2) is 11.0 Å². The molecule has 0 bridgehead atoms. The molecule has 0 aliphatic carbocycles. The minimum Gasteiger partial charge on any atom is -0.303 e. The third-order valence-electron chi connectivity index (χ3n) is 4.73. The second kappa shape index (κ2) is 9.01. The van der Waals surface area contributed by atoms with E-state index < -0.39 is 0 Å². The molecule has 1 saturated heterocycles. The van der Waals surface area contributed by atoms with E-state index in [4.69, 9.17) is 0 Å². The number of halogens is 1. The topological polar surface area (TPSA) is 34.0 Å². The van der Waals surface area contributed by atoms with Crippen molar-refractivity contribution in [3.63, 3.8) is 0 Å². The van der Waals surface area contributed by atoms with Gasteiger partial charge in [-0.15, -0.1) is 16.8 Å². The van der Waals surface area contributed by atoms with Crippen molar-refractivity contribution in [3.8, 4) is 11.4 Å². The summed E-state index contributed by atoms with van der Waals surface area (Å²) < 4.78 is 3.23. The zero-order chi connectivity index (χ0) is 17.6. The van der Waals surface area contributed by atoms with Gasteiger partial charge in [-0.05, 0) is 45.0 Å². The van der Waals surface area contributed by atoms with Crippen LogP contribution in [-0.4, -0.2) is 45.1 Å². The van der Waals surface area contributed by atoms with Crippen molar-refractivity contribution in [2.45, 2.75) is 43.4 Å². The summed E-state index contributed by atoms with van der Waals surface area (Å²) in [6.45, 7) is 5.85. The van der Waals surface area contributed by atoms with Crippen LogP contribution in [0.3, 0.4) is 0 Å². The Morgan fingerprint density at radius 1 is 1.28 bits per heavy atom. The minimum absolute atomic E-state index is 0.711. The Labute approximate surface area is 162 Å². The summed E-state index contributed by atoms with van der Waals surface area (Å²) in [4.78, 5) is 2.51. The van der Waals surface area contributed by atoms with Gasteiger partial charge >= 0.3 is 0 Å². The maximum absolute atomic E-state index is 4.44. The van der Waals surface area contributed by atoms with Crippen LogP contribution >= 0.6 is 27.7 Å². The van der Waals surface area contributed by atoms with E-state index >= 15 is 0 Å². The Balaban J connectivity index is 1.68. The second-order valence-corrected chi connectivity index (χ2v) is 8.46. The molecule has 1 aromatic carbocycles. The maximum atomic E-state index is 4.44. The van der Waals surface area contributed by atoms with Crippen LogP contribution < -0.4 is 0 Å². The first kappa shape index (κ1) is 18.7. The number of aromatic nitrogens is 3. The summed E-state index contributed by atoms with van der Waals surface area (Å²) in [5.74, 6) is 1.98. The van der Waals surface area contributed by atoms with E-state index in [0.29, 0.717) is 6.04 Å². The van der Waals surface area contributed by atoms with Gasteiger partial charge < -0.3 is 4.90 Å². The fourth-order valence-corrected chi connectivity index (χ4v) is 4.55. The first-order valence-electron chi connectivity index (χ1n) is 8.82. The van der Waals surface area contributed by atoms with Crippen molar-refractivity contribution in [3.05, 3.63) is 41.4 Å². The average molecular weight is 421 g/mol. The minimum atomic E-state index is 0.711. The van der Waals surface area contributed by atoms with E-state index in [9.17, 15) is 0 Å². The lowest BCUT2D eigenvalue weighted by molar-refractivity contribution is 0.182. The van der Waals surface area contributed by atoms with E-state index in [1.807, 2.05) is 18.2 Å². The number of nitrogens with zero attached hydrogens (tertiary/aromatic N) is 4. The first-order chi connectivity index (χ1) is 12.2. The van der Waals surface area contributed by atoms with Crippen LogP contribution in [0.1, 0.15) is 25.7 Å². The molecular formula is C19H25BrN4S. The van der Waals surface area contributed by atoms with Crippen molar-refractivity contribution in [1.29, 1.82) is 0 Å². The molecule has 0 radical (unpaired) electrons. The lowest BCUT2D eigenvalue weighted by Crippen LogP contribution is -2.36. The van der Waals surface area contributed by atoms with Crippen LogP contribution in [0.15, 0.2) is 46.5 Å². The van der Waals surface area contributed by atoms with E-state index in [2.05, 4.69) is 61.4 Å². The van der Waals surface area contributed by atoms with Gasteiger partial charge in [0.1, 0.15) is 0 Å². The van der Waals surface area contributed by atoms with Crippen molar-refractivity contribution in [1.82, 2.24) is 19.7 Å². The smallest absolute Gasteiger partial charge is 0.191 e. The number of rotatable bonds is 7. The van der Waals surface area contributed by atoms with E-state index in [0.717, 1.165) is 33.3 Å². The van der Waals surface area contributed by atoms with Crippen LogP contribution in [0, 0.1) is 0 Å². The molecule has 4 nitrogen and oxygen atoms in total. The highest BCUT2D eigenvalue weighted by Gasteiger charge is 2.19. The van der Waals surface area contributed by atoms with Gasteiger partial charge in [0.05, 0.1) is 0 Å². The normalized spacial score (nSPS) is 18.4. The molecule has 1 aromatic heterocycles. The summed E-state index contributed by atoms with van der Waals surface area (Å²) in [7, 11) is 2.25. The van der Waals surface area contributed by atoms with Crippen molar-refractivity contribution in [2.24, 2.45) is 0 Å². The molecule has 1 unspecified atom stereocenters. The van der Waals surface area contributed by atoms with Gasteiger partial charge in [0, 0.05) is 28.4 Å². The number of hydrogen-bond acceptors (Lipinski definition) is 4. The van der Waals surface area contributed by atoms with Crippen LogP contribution in [-0.2, 0) is 6.54 Å². The molecule has 1 aliphatic rings. The highest BCUT2D eigenvalue weighted by atomic mass is 79.9. The van der Waals surface area contributed by atoms with Crippen molar-refractivity contribution < 1.29 is 0 Å². The highest BCUT2D eigenvalue weighted by Crippen LogP contribution is 2.27. The van der Waals surface area contributed by atoms with Crippen LogP contribution in [0.2, 0.25) is 0 Å². The van der Waals surface area contributed by atoms with E-state index in [1.165, 1.54) is 32.2 Å². The van der Waals surface area contributed by atoms with Crippen molar-refractivity contribution in [2.75, 3.05) is 19.3 Å². The lowest BCUT2D eigenvalue weighted by atomic mass is 10.0. The molecule has 0 amide bonds. The predicted molar refractivity (Wildman–Crippen MR) is 109 cm³/mol. The number of piperidine rings is 1. The van der Waals surface area contributed by atoms with Crippen LogP contribution in [0.25, 0.3) is 11.4 Å². The molecular weight excluding hydrogens is 396 g/mol. The summed E-state index contributed by atoms with van der Waals surface area (Å²) in [5.41, 5.74) is 1.08. The third kappa shape index (κ3) is 4.74. The molecule has 134 valence electrons. The molecule has 3 rings (SSSR count). The van der Waals surface area contributed by atoms with Gasteiger partial charge in [-0.2, -0.15) is 0 Å². The Morgan fingerprint density at radius 2 is 2.08 bits per heavy atom. The average Bonchev–Trinajstić information content (AvgIpc) is 3.01. The Hall–Kier alpha value is -1.11. The van der Waals surface area contributed by atoms with Crippen molar-refractivity contribution >= 4 is 27.7 Å². The molecule has 1 aliphatic heterocycles. The summed E-state index contributed by atoms with van der Waals surface area (Å²) in [5, 5.41) is 9.85. The standard InChI is InChI=1S/C19H25BrN4S/c1-3-12-24-18(15-7-9-16(20)10-8-15)21-22-19(24)25-14-11-17-6-4-5-13-23(17)2/h3,7-10,17H,1,4-6,11-14H2,2H3. The molecule has 6 heteroatoms. The fraction of sp³-hybridized carbons (Fsp3) is 0.474. The zero-order valence-corrected chi connectivity index (χ0v) is 17.1. The number of benzene rings is 1. The van der Waals surface area contributed by atoms with Gasteiger partial charge in [0.2, 0.25) is 0 Å². The molecule has 2 heterocycles. The maximum Gasteiger partial charge on any atom is 0.191 e. The van der Waals surface area contributed by atoms with Gasteiger partial charge in [0.25, 0.3) is 0 Å². The molecule has 0 spiro atoms. The fourth-order valence-electron chi connectivity index (χ4n) is 3.30. The number of allylic oxidation sites excluding steroid dienone is 1. The third-order valence-corrected chi connectivity index (χ3v) is 6.26. The summed E-state index contributed by atoms with van der Waals surface area (Å²) in [6, 6.07) is 8.92. The largest absolute Gasteiger partial charge is 0.303 e. The van der Waals surface area contributed by atoms with Crippen LogP contribution in [0.5, 0.6) is 0 Å². The second-order valence-electron chi connectivity index (χ2n) is 6.48. The Kier molecular flexibility index (Phi) is 6.73. The summed E-state index contributed by atoms with van der Waals surface area (Å²) in [6.07, 6.45) is 7.13. The SMILES string of the molecule is C=CCn1c(SCCC2CCCCN2C)nnc1-c1ccc(Br)cc1. The molecule has 1 fully saturated rings. The van der Waals surface area contributed by atoms with E-state index in [-0.39, 0.29) is 0 Å². The molecule has 0 saturated carbocycles. The van der Waals surface area contributed by atoms with Gasteiger partial charge in [-0.1, -0.05) is 52.3 Å². The van der Waals surface area contributed by atoms with E-state index in [1.54, 1.807) is 11.8 Å². The quantitative estimate of drug-likeness (QED) is 0.472. The van der Waals surface area contributed by atoms with Crippen LogP contribution in [0.4, 0.5) is 0 Å². The molecule has 2 aromatic rings. The predicted octanol–water partition coefficient (Wildman–Crippen LogP) is 4.86. The molecule has 25 heavy (non-hydrogen) atoms. The summed E-state index contributed by atoms with van der Waals surface area (Å²) >= 11 is 5.29. The highest BCUT2D eigenvalue weighted by molar-refractivity contribution is 9.10. The Morgan fingerprint density at radius 3 is 2.80 bits per heavy atom. The molecule has 0 N–H and O–H groups in total.